The third-order valence-corrected chi connectivity index (χ3v) is 5.00. The molecule has 2 aliphatic rings. The molecule has 0 aliphatic carbocycles. The molecule has 2 heterocycles. The van der Waals surface area contributed by atoms with Crippen molar-refractivity contribution in [2.45, 2.75) is 24.9 Å². The van der Waals surface area contributed by atoms with Gasteiger partial charge in [0, 0.05) is 29.7 Å². The second kappa shape index (κ2) is 4.56. The molecule has 19 heavy (non-hydrogen) atoms. The molecule has 0 saturated carbocycles. The second-order valence-corrected chi connectivity index (χ2v) is 5.95. The zero-order valence-electron chi connectivity index (χ0n) is 10.1. The Bertz CT molecular complexity index is 524. The van der Waals surface area contributed by atoms with E-state index in [9.17, 15) is 19.6 Å². The van der Waals surface area contributed by atoms with Crippen molar-refractivity contribution in [2.75, 3.05) is 16.4 Å². The van der Waals surface area contributed by atoms with Crippen LogP contribution in [0.25, 0.3) is 0 Å². The zero-order chi connectivity index (χ0) is 13.6. The van der Waals surface area contributed by atoms with E-state index in [-0.39, 0.29) is 17.8 Å². The first-order valence-corrected chi connectivity index (χ1v) is 7.26. The first-order chi connectivity index (χ1) is 9.08. The summed E-state index contributed by atoms with van der Waals surface area (Å²) in [5.41, 5.74) is -0.295. The van der Waals surface area contributed by atoms with Crippen LogP contribution >= 0.6 is 11.8 Å². The summed E-state index contributed by atoms with van der Waals surface area (Å²) in [5.74, 6) is 0.772. The average molecular weight is 284 g/mol. The number of thioether (sulfide) groups is 1. The minimum absolute atomic E-state index is 0.263. The van der Waals surface area contributed by atoms with Gasteiger partial charge >= 0.3 is 5.69 Å². The molecule has 2 fully saturated rings. The number of benzene rings is 1. The van der Waals surface area contributed by atoms with E-state index in [1.54, 1.807) is 0 Å². The second-order valence-electron chi connectivity index (χ2n) is 4.88. The Morgan fingerprint density at radius 2 is 2.00 bits per heavy atom. The standard InChI is InChI=1S/C12H13FN2O3S/c13-9-3-11(15(17)18)12(16)4-10(9)14-7-1-2-8(14)6-19-5-7/h3-4,7-8,16H,1-2,5-6H2/t7-,8+. The molecule has 1 aromatic carbocycles. The lowest BCUT2D eigenvalue weighted by atomic mass is 10.2. The van der Waals surface area contributed by atoms with Gasteiger partial charge in [0.15, 0.2) is 11.6 Å². The van der Waals surface area contributed by atoms with Gasteiger partial charge in [0.25, 0.3) is 0 Å². The van der Waals surface area contributed by atoms with Gasteiger partial charge in [0.05, 0.1) is 16.7 Å². The maximum Gasteiger partial charge on any atom is 0.313 e. The fraction of sp³-hybridized carbons (Fsp3) is 0.500. The Hall–Kier alpha value is -1.50. The Morgan fingerprint density at radius 3 is 2.58 bits per heavy atom. The number of aromatic hydroxyl groups is 1. The maximum absolute atomic E-state index is 14.1. The molecule has 0 unspecified atom stereocenters. The molecule has 0 amide bonds. The lowest BCUT2D eigenvalue weighted by Crippen LogP contribution is -2.43. The highest BCUT2D eigenvalue weighted by Gasteiger charge is 2.38. The van der Waals surface area contributed by atoms with E-state index in [0.29, 0.717) is 0 Å². The van der Waals surface area contributed by atoms with Gasteiger partial charge in [-0.05, 0) is 12.8 Å². The van der Waals surface area contributed by atoms with E-state index in [4.69, 9.17) is 0 Å². The van der Waals surface area contributed by atoms with Gasteiger partial charge in [-0.3, -0.25) is 10.1 Å². The first kappa shape index (κ1) is 12.5. The molecule has 0 spiro atoms. The molecule has 3 rings (SSSR count). The van der Waals surface area contributed by atoms with Crippen LogP contribution in [-0.2, 0) is 0 Å². The van der Waals surface area contributed by atoms with Crippen molar-refractivity contribution in [3.63, 3.8) is 0 Å². The number of nitro groups is 1. The molecular formula is C12H13FN2O3S. The molecular weight excluding hydrogens is 271 g/mol. The molecule has 2 atom stereocenters. The molecule has 5 nitrogen and oxygen atoms in total. The van der Waals surface area contributed by atoms with Crippen LogP contribution in [0.3, 0.4) is 0 Å². The third-order valence-electron chi connectivity index (χ3n) is 3.76. The average Bonchev–Trinajstić information content (AvgIpc) is 2.61. The third kappa shape index (κ3) is 2.01. The largest absolute Gasteiger partial charge is 0.502 e. The lowest BCUT2D eigenvalue weighted by Gasteiger charge is -2.36. The number of hydrogen-bond donors (Lipinski definition) is 1. The number of phenolic OH excluding ortho intramolecular Hbond substituents is 1. The summed E-state index contributed by atoms with van der Waals surface area (Å²) in [5, 5.41) is 20.3. The Balaban J connectivity index is 2.02. The highest BCUT2D eigenvalue weighted by Crippen LogP contribution is 2.42. The van der Waals surface area contributed by atoms with Crippen LogP contribution < -0.4 is 4.90 Å². The SMILES string of the molecule is O=[N+]([O-])c1cc(F)c(N2[C@@H]3CC[C@H]2CSC3)cc1O. The topological polar surface area (TPSA) is 66.6 Å². The molecule has 2 bridgehead atoms. The molecule has 1 N–H and O–H groups in total. The summed E-state index contributed by atoms with van der Waals surface area (Å²) >= 11 is 1.86. The van der Waals surface area contributed by atoms with E-state index in [0.717, 1.165) is 30.4 Å². The van der Waals surface area contributed by atoms with Crippen molar-refractivity contribution in [3.8, 4) is 5.75 Å². The van der Waals surface area contributed by atoms with Gasteiger partial charge in [-0.15, -0.1) is 0 Å². The molecule has 0 aromatic heterocycles. The van der Waals surface area contributed by atoms with E-state index in [2.05, 4.69) is 0 Å². The van der Waals surface area contributed by atoms with Gasteiger partial charge in [-0.25, -0.2) is 4.39 Å². The van der Waals surface area contributed by atoms with Crippen molar-refractivity contribution in [3.05, 3.63) is 28.1 Å². The van der Waals surface area contributed by atoms with Crippen LogP contribution in [-0.4, -0.2) is 33.6 Å². The van der Waals surface area contributed by atoms with Crippen LogP contribution in [0.15, 0.2) is 12.1 Å². The Labute approximate surface area is 113 Å². The summed E-state index contributed by atoms with van der Waals surface area (Å²) < 4.78 is 14.1. The highest BCUT2D eigenvalue weighted by atomic mass is 32.2. The highest BCUT2D eigenvalue weighted by molar-refractivity contribution is 7.99. The van der Waals surface area contributed by atoms with E-state index >= 15 is 0 Å². The fourth-order valence-electron chi connectivity index (χ4n) is 2.91. The van der Waals surface area contributed by atoms with Gasteiger partial charge in [0.1, 0.15) is 0 Å². The van der Waals surface area contributed by atoms with Crippen molar-refractivity contribution in [1.29, 1.82) is 0 Å². The maximum atomic E-state index is 14.1. The monoisotopic (exact) mass is 284 g/mol. The summed E-state index contributed by atoms with van der Waals surface area (Å²) in [6, 6.07) is 2.53. The lowest BCUT2D eigenvalue weighted by molar-refractivity contribution is -0.386. The van der Waals surface area contributed by atoms with E-state index < -0.39 is 22.2 Å². The van der Waals surface area contributed by atoms with Gasteiger partial charge in [-0.2, -0.15) is 11.8 Å². The van der Waals surface area contributed by atoms with Gasteiger partial charge in [-0.1, -0.05) is 0 Å². The normalized spacial score (nSPS) is 25.6. The molecule has 102 valence electrons. The number of rotatable bonds is 2. The minimum Gasteiger partial charge on any atom is -0.502 e. The quantitative estimate of drug-likeness (QED) is 0.667. The summed E-state index contributed by atoms with van der Waals surface area (Å²) in [6.07, 6.45) is 2.02. The summed E-state index contributed by atoms with van der Waals surface area (Å²) in [7, 11) is 0. The predicted molar refractivity (Wildman–Crippen MR) is 71.3 cm³/mol. The number of fused-ring (bicyclic) bond motifs is 2. The van der Waals surface area contributed by atoms with Crippen LogP contribution in [0, 0.1) is 15.9 Å². The smallest absolute Gasteiger partial charge is 0.313 e. The predicted octanol–water partition coefficient (Wildman–Crippen LogP) is 2.52. The van der Waals surface area contributed by atoms with Crippen LogP contribution in [0.4, 0.5) is 15.8 Å². The van der Waals surface area contributed by atoms with Crippen molar-refractivity contribution in [1.82, 2.24) is 0 Å². The first-order valence-electron chi connectivity index (χ1n) is 6.11. The number of hydrogen-bond acceptors (Lipinski definition) is 5. The van der Waals surface area contributed by atoms with Gasteiger partial charge in [0.2, 0.25) is 0 Å². The molecule has 7 heteroatoms. The fourth-order valence-corrected chi connectivity index (χ4v) is 4.24. The minimum atomic E-state index is -0.775. The van der Waals surface area contributed by atoms with Crippen LogP contribution in [0.2, 0.25) is 0 Å². The van der Waals surface area contributed by atoms with E-state index in [1.807, 2.05) is 16.7 Å². The Kier molecular flexibility index (Phi) is 3.00. The van der Waals surface area contributed by atoms with Crippen molar-refractivity contribution < 1.29 is 14.4 Å². The summed E-state index contributed by atoms with van der Waals surface area (Å²) in [4.78, 5) is 11.9. The van der Waals surface area contributed by atoms with Crippen LogP contribution in [0.5, 0.6) is 5.75 Å². The summed E-state index contributed by atoms with van der Waals surface area (Å²) in [6.45, 7) is 0. The van der Waals surface area contributed by atoms with Crippen molar-refractivity contribution in [2.24, 2.45) is 0 Å². The number of nitro benzene ring substituents is 1. The zero-order valence-corrected chi connectivity index (χ0v) is 10.9. The molecule has 2 saturated heterocycles. The molecule has 0 radical (unpaired) electrons. The number of halogens is 1. The molecule has 2 aliphatic heterocycles. The van der Waals surface area contributed by atoms with E-state index in [1.165, 1.54) is 6.07 Å². The molecule has 1 aromatic rings. The van der Waals surface area contributed by atoms with Crippen molar-refractivity contribution >= 4 is 23.1 Å². The number of phenols is 1. The van der Waals surface area contributed by atoms with Crippen LogP contribution in [0.1, 0.15) is 12.8 Å². The number of anilines is 1. The number of nitrogens with zero attached hydrogens (tertiary/aromatic N) is 2. The van der Waals surface area contributed by atoms with Gasteiger partial charge < -0.3 is 10.0 Å². The Morgan fingerprint density at radius 1 is 1.37 bits per heavy atom.